The molecule has 0 aromatic heterocycles. The lowest BCUT2D eigenvalue weighted by molar-refractivity contribution is -0.348. The molecule has 0 unspecified atom stereocenters. The van der Waals surface area contributed by atoms with Gasteiger partial charge >= 0.3 is 0 Å². The van der Waals surface area contributed by atoms with Crippen LogP contribution in [0.4, 0.5) is 0 Å². The van der Waals surface area contributed by atoms with Gasteiger partial charge in [-0.05, 0) is 38.3 Å². The Morgan fingerprint density at radius 2 is 1.72 bits per heavy atom. The van der Waals surface area contributed by atoms with Gasteiger partial charge in [-0.25, -0.2) is 0 Å². The predicted octanol–water partition coefficient (Wildman–Crippen LogP) is 0.524. The molecule has 0 saturated carbocycles. The van der Waals surface area contributed by atoms with Gasteiger partial charge in [-0.2, -0.15) is 0 Å². The molecule has 0 radical (unpaired) electrons. The van der Waals surface area contributed by atoms with E-state index >= 15 is 0 Å². The van der Waals surface area contributed by atoms with Gasteiger partial charge in [-0.3, -0.25) is 5.73 Å². The van der Waals surface area contributed by atoms with E-state index in [2.05, 4.69) is 0 Å². The topological polar surface area (TPSA) is 84.9 Å². The largest absolute Gasteiger partial charge is 0.358 e. The minimum Gasteiger partial charge on any atom is -0.358 e. The van der Waals surface area contributed by atoms with Gasteiger partial charge in [0.15, 0.2) is 5.72 Å². The average molecular weight is 253 g/mol. The van der Waals surface area contributed by atoms with Crippen molar-refractivity contribution in [3.63, 3.8) is 0 Å². The first-order valence-corrected chi connectivity index (χ1v) is 6.32. The van der Waals surface area contributed by atoms with Gasteiger partial charge in [0.2, 0.25) is 11.6 Å². The third kappa shape index (κ3) is 1.39. The van der Waals surface area contributed by atoms with E-state index in [9.17, 15) is 10.2 Å². The molecule has 2 aliphatic carbocycles. The van der Waals surface area contributed by atoms with Gasteiger partial charge in [-0.15, -0.1) is 0 Å². The highest BCUT2D eigenvalue weighted by molar-refractivity contribution is 5.22. The molecular weight excluding hydrogens is 234 g/mol. The van der Waals surface area contributed by atoms with Crippen LogP contribution in [0, 0.1) is 0 Å². The van der Waals surface area contributed by atoms with Crippen molar-refractivity contribution in [1.82, 2.24) is 0 Å². The lowest BCUT2D eigenvalue weighted by atomic mass is 9.84. The number of allylic oxidation sites excluding steroid dienone is 2. The Kier molecular flexibility index (Phi) is 2.35. The summed E-state index contributed by atoms with van der Waals surface area (Å²) in [5.41, 5.74) is 4.41. The van der Waals surface area contributed by atoms with Crippen molar-refractivity contribution in [1.29, 1.82) is 0 Å². The van der Waals surface area contributed by atoms with Crippen molar-refractivity contribution < 1.29 is 19.7 Å². The summed E-state index contributed by atoms with van der Waals surface area (Å²) in [6.07, 6.45) is 9.30. The Morgan fingerprint density at radius 3 is 2.39 bits per heavy atom. The van der Waals surface area contributed by atoms with Crippen LogP contribution >= 0.6 is 0 Å². The molecule has 3 atom stereocenters. The lowest BCUT2D eigenvalue weighted by Crippen LogP contribution is -2.58. The van der Waals surface area contributed by atoms with Crippen LogP contribution < -0.4 is 5.73 Å². The molecule has 5 heteroatoms. The fourth-order valence-corrected chi connectivity index (χ4v) is 3.00. The zero-order chi connectivity index (χ0) is 13.1. The van der Waals surface area contributed by atoms with E-state index in [0.717, 1.165) is 6.42 Å². The summed E-state index contributed by atoms with van der Waals surface area (Å²) in [7, 11) is 0. The Morgan fingerprint density at radius 1 is 1.06 bits per heavy atom. The highest BCUT2D eigenvalue weighted by atomic mass is 16.8. The highest BCUT2D eigenvalue weighted by Crippen LogP contribution is 2.53. The highest BCUT2D eigenvalue weighted by Gasteiger charge is 2.68. The monoisotopic (exact) mass is 253 g/mol. The molecule has 0 bridgehead atoms. The summed E-state index contributed by atoms with van der Waals surface area (Å²) in [5, 5.41) is 20.3. The van der Waals surface area contributed by atoms with Gasteiger partial charge in [-0.1, -0.05) is 12.2 Å². The number of ether oxygens (including phenoxy) is 2. The molecule has 1 saturated heterocycles. The van der Waals surface area contributed by atoms with Crippen molar-refractivity contribution in [3.8, 4) is 0 Å². The van der Waals surface area contributed by atoms with E-state index in [1.807, 2.05) is 13.0 Å². The third-order valence-electron chi connectivity index (χ3n) is 4.25. The molecule has 1 heterocycles. The van der Waals surface area contributed by atoms with Gasteiger partial charge in [0.25, 0.3) is 0 Å². The van der Waals surface area contributed by atoms with E-state index in [4.69, 9.17) is 15.2 Å². The molecule has 100 valence electrons. The molecule has 3 aliphatic rings. The number of nitrogens with two attached hydrogens (primary N) is 1. The first-order valence-electron chi connectivity index (χ1n) is 6.32. The molecule has 18 heavy (non-hydrogen) atoms. The summed E-state index contributed by atoms with van der Waals surface area (Å²) >= 11 is 0. The van der Waals surface area contributed by atoms with Gasteiger partial charge < -0.3 is 19.7 Å². The van der Waals surface area contributed by atoms with Gasteiger partial charge in [0, 0.05) is 6.42 Å². The second-order valence-electron chi connectivity index (χ2n) is 5.59. The Balaban J connectivity index is 2.04. The van der Waals surface area contributed by atoms with Crippen LogP contribution in [0.1, 0.15) is 32.6 Å². The van der Waals surface area contributed by atoms with Gasteiger partial charge in [0.05, 0.1) is 0 Å². The van der Waals surface area contributed by atoms with Crippen molar-refractivity contribution >= 4 is 0 Å². The van der Waals surface area contributed by atoms with Crippen molar-refractivity contribution in [3.05, 3.63) is 24.3 Å². The zero-order valence-electron chi connectivity index (χ0n) is 10.4. The Labute approximate surface area is 106 Å². The SMILES string of the molecule is C[C@]12CCC=C[C@@]1(N)O[C@@]1(CCC=CC1(O)O)O2. The van der Waals surface area contributed by atoms with Crippen LogP contribution in [-0.2, 0) is 9.47 Å². The fraction of sp³-hybridized carbons (Fsp3) is 0.692. The van der Waals surface area contributed by atoms with Crippen LogP contribution in [0.15, 0.2) is 24.3 Å². The van der Waals surface area contributed by atoms with Crippen LogP contribution in [0.5, 0.6) is 0 Å². The van der Waals surface area contributed by atoms with E-state index in [1.54, 1.807) is 12.2 Å². The molecule has 5 nitrogen and oxygen atoms in total. The van der Waals surface area contributed by atoms with E-state index in [1.165, 1.54) is 6.08 Å². The predicted molar refractivity (Wildman–Crippen MR) is 64.1 cm³/mol. The first kappa shape index (κ1) is 12.3. The standard InChI is InChI=1S/C13H19NO4/c1-10-6-2-3-7-11(10,14)18-13(17-10)9-5-4-8-12(13,15)16/h3-4,7-8,15-16H,2,5-6,9,14H2,1H3/t10-,11+,13+/m0/s1. The second-order valence-corrected chi connectivity index (χ2v) is 5.59. The zero-order valence-corrected chi connectivity index (χ0v) is 10.4. The van der Waals surface area contributed by atoms with E-state index in [-0.39, 0.29) is 0 Å². The minimum absolute atomic E-state index is 0.374. The first-order chi connectivity index (χ1) is 8.33. The molecule has 0 amide bonds. The minimum atomic E-state index is -2.15. The molecule has 4 N–H and O–H groups in total. The Bertz CT molecular complexity index is 433. The van der Waals surface area contributed by atoms with E-state index in [0.29, 0.717) is 19.3 Å². The number of aliphatic hydroxyl groups is 2. The maximum atomic E-state index is 10.1. The smallest absolute Gasteiger partial charge is 0.239 e. The number of hydrogen-bond acceptors (Lipinski definition) is 5. The van der Waals surface area contributed by atoms with Crippen molar-refractivity contribution in [2.24, 2.45) is 5.73 Å². The fourth-order valence-electron chi connectivity index (χ4n) is 3.00. The lowest BCUT2D eigenvalue weighted by Gasteiger charge is -2.40. The maximum Gasteiger partial charge on any atom is 0.239 e. The summed E-state index contributed by atoms with van der Waals surface area (Å²) in [4.78, 5) is 0. The third-order valence-corrected chi connectivity index (χ3v) is 4.25. The summed E-state index contributed by atoms with van der Waals surface area (Å²) in [5.74, 6) is -3.62. The number of rotatable bonds is 0. The molecule has 0 aromatic rings. The molecule has 1 fully saturated rings. The van der Waals surface area contributed by atoms with Crippen LogP contribution in [0.25, 0.3) is 0 Å². The van der Waals surface area contributed by atoms with Crippen LogP contribution in [0.2, 0.25) is 0 Å². The summed E-state index contributed by atoms with van der Waals surface area (Å²) in [6, 6.07) is 0. The average Bonchev–Trinajstić information content (AvgIpc) is 2.52. The molecule has 3 rings (SSSR count). The quantitative estimate of drug-likeness (QED) is 0.433. The number of hydrogen-bond donors (Lipinski definition) is 3. The summed E-state index contributed by atoms with van der Waals surface area (Å²) in [6.45, 7) is 1.86. The second kappa shape index (κ2) is 3.43. The Hall–Kier alpha value is -0.720. The van der Waals surface area contributed by atoms with Gasteiger partial charge in [0.1, 0.15) is 5.60 Å². The maximum absolute atomic E-state index is 10.1. The summed E-state index contributed by atoms with van der Waals surface area (Å²) < 4.78 is 11.8. The number of fused-ring (bicyclic) bond motifs is 1. The molecular formula is C13H19NO4. The molecule has 1 aliphatic heterocycles. The van der Waals surface area contributed by atoms with Crippen molar-refractivity contribution in [2.45, 2.75) is 55.5 Å². The normalized spacial score (nSPS) is 49.6. The van der Waals surface area contributed by atoms with Crippen LogP contribution in [-0.4, -0.2) is 33.1 Å². The molecule has 1 spiro atoms. The van der Waals surface area contributed by atoms with Crippen LogP contribution in [0.3, 0.4) is 0 Å². The van der Waals surface area contributed by atoms with Crippen molar-refractivity contribution in [2.75, 3.05) is 0 Å². The molecule has 0 aromatic carbocycles. The van der Waals surface area contributed by atoms with E-state index < -0.39 is 22.9 Å².